The lowest BCUT2D eigenvalue weighted by Gasteiger charge is -2.06. The molecule has 1 aromatic carbocycles. The molecule has 0 spiro atoms. The van der Waals surface area contributed by atoms with E-state index < -0.39 is 0 Å². The number of hydrogen-bond acceptors (Lipinski definition) is 5. The first kappa shape index (κ1) is 13.3. The van der Waals surface area contributed by atoms with Gasteiger partial charge in [-0.15, -0.1) is 0 Å². The van der Waals surface area contributed by atoms with Gasteiger partial charge in [-0.2, -0.15) is 10.2 Å². The van der Waals surface area contributed by atoms with E-state index in [9.17, 15) is 0 Å². The minimum absolute atomic E-state index is 0.245. The van der Waals surface area contributed by atoms with Crippen LogP contribution in [0.3, 0.4) is 0 Å². The second-order valence-corrected chi connectivity index (χ2v) is 4.01. The summed E-state index contributed by atoms with van der Waals surface area (Å²) in [6.45, 7) is 0.245. The minimum Gasteiger partial charge on any atom is -0.439 e. The molecule has 0 aliphatic heterocycles. The van der Waals surface area contributed by atoms with Gasteiger partial charge >= 0.3 is 0 Å². The van der Waals surface area contributed by atoms with Crippen LogP contribution in [0, 0.1) is 11.3 Å². The van der Waals surface area contributed by atoms with Crippen LogP contribution in [-0.2, 0) is 11.3 Å². The van der Waals surface area contributed by atoms with Gasteiger partial charge in [0.25, 0.3) is 0 Å². The largest absolute Gasteiger partial charge is 0.439 e. The van der Waals surface area contributed by atoms with Crippen LogP contribution in [0.2, 0.25) is 5.15 Å². The molecule has 1 aromatic heterocycles. The number of hydrogen-bond donors (Lipinski definition) is 0. The molecule has 0 atom stereocenters. The Kier molecular flexibility index (Phi) is 4.29. The van der Waals surface area contributed by atoms with Gasteiger partial charge in [-0.05, 0) is 18.2 Å². The summed E-state index contributed by atoms with van der Waals surface area (Å²) in [5.74, 6) is 1.25. The highest BCUT2D eigenvalue weighted by Crippen LogP contribution is 2.22. The van der Waals surface area contributed by atoms with Gasteiger partial charge in [0.15, 0.2) is 5.82 Å². The van der Waals surface area contributed by atoms with Gasteiger partial charge in [-0.3, -0.25) is 0 Å². The van der Waals surface area contributed by atoms with Crippen molar-refractivity contribution in [2.24, 2.45) is 0 Å². The third-order valence-electron chi connectivity index (χ3n) is 2.18. The quantitative estimate of drug-likeness (QED) is 0.803. The normalized spacial score (nSPS) is 9.95. The SMILES string of the molecule is COCc1nc(Cl)cc(Oc2cccc(C#N)c2)n1. The first-order chi connectivity index (χ1) is 9.21. The Morgan fingerprint density at radius 3 is 2.89 bits per heavy atom. The molecular formula is C13H10ClN3O2. The summed E-state index contributed by atoms with van der Waals surface area (Å²) in [5.41, 5.74) is 0.509. The predicted octanol–water partition coefficient (Wildman–Crippen LogP) is 2.94. The number of methoxy groups -OCH3 is 1. The van der Waals surface area contributed by atoms with Crippen LogP contribution in [0.4, 0.5) is 0 Å². The molecule has 0 saturated heterocycles. The van der Waals surface area contributed by atoms with Gasteiger partial charge in [-0.1, -0.05) is 17.7 Å². The average molecular weight is 276 g/mol. The molecule has 0 saturated carbocycles. The Bertz CT molecular complexity index is 626. The van der Waals surface area contributed by atoms with Crippen LogP contribution in [0.25, 0.3) is 0 Å². The van der Waals surface area contributed by atoms with Crippen LogP contribution in [0.15, 0.2) is 30.3 Å². The van der Waals surface area contributed by atoms with Crippen molar-refractivity contribution in [3.63, 3.8) is 0 Å². The van der Waals surface area contributed by atoms with Crippen LogP contribution in [-0.4, -0.2) is 17.1 Å². The first-order valence-electron chi connectivity index (χ1n) is 5.41. The van der Waals surface area contributed by atoms with Crippen molar-refractivity contribution in [1.82, 2.24) is 9.97 Å². The molecule has 0 amide bonds. The summed E-state index contributed by atoms with van der Waals surface area (Å²) in [7, 11) is 1.54. The number of nitrogens with zero attached hydrogens (tertiary/aromatic N) is 3. The Labute approximate surface area is 115 Å². The summed E-state index contributed by atoms with van der Waals surface area (Å²) in [5, 5.41) is 9.09. The fourth-order valence-electron chi connectivity index (χ4n) is 1.44. The Morgan fingerprint density at radius 2 is 2.16 bits per heavy atom. The minimum atomic E-state index is 0.245. The van der Waals surface area contributed by atoms with E-state index in [0.717, 1.165) is 0 Å². The number of benzene rings is 1. The number of aromatic nitrogens is 2. The van der Waals surface area contributed by atoms with Crippen molar-refractivity contribution in [2.45, 2.75) is 6.61 Å². The maximum absolute atomic E-state index is 8.82. The highest BCUT2D eigenvalue weighted by Gasteiger charge is 2.06. The molecule has 2 rings (SSSR count). The zero-order chi connectivity index (χ0) is 13.7. The molecule has 0 bridgehead atoms. The second kappa shape index (κ2) is 6.14. The molecule has 0 fully saturated rings. The zero-order valence-corrected chi connectivity index (χ0v) is 10.9. The lowest BCUT2D eigenvalue weighted by Crippen LogP contribution is -1.99. The van der Waals surface area contributed by atoms with Crippen LogP contribution >= 0.6 is 11.6 Å². The second-order valence-electron chi connectivity index (χ2n) is 3.62. The molecule has 96 valence electrons. The van der Waals surface area contributed by atoms with Crippen molar-refractivity contribution in [1.29, 1.82) is 5.26 Å². The number of halogens is 1. The molecule has 0 aliphatic rings. The highest BCUT2D eigenvalue weighted by molar-refractivity contribution is 6.29. The topological polar surface area (TPSA) is 68.0 Å². The van der Waals surface area contributed by atoms with E-state index in [2.05, 4.69) is 9.97 Å². The summed E-state index contributed by atoms with van der Waals surface area (Å²) < 4.78 is 10.5. The van der Waals surface area contributed by atoms with Gasteiger partial charge in [0, 0.05) is 13.2 Å². The summed E-state index contributed by atoms with van der Waals surface area (Å²) >= 11 is 5.87. The molecule has 0 N–H and O–H groups in total. The number of ether oxygens (including phenoxy) is 2. The van der Waals surface area contributed by atoms with Crippen LogP contribution in [0.5, 0.6) is 11.6 Å². The summed E-state index contributed by atoms with van der Waals surface area (Å²) in [6.07, 6.45) is 0. The van der Waals surface area contributed by atoms with Crippen molar-refractivity contribution in [2.75, 3.05) is 7.11 Å². The maximum atomic E-state index is 8.82. The Balaban J connectivity index is 2.25. The highest BCUT2D eigenvalue weighted by atomic mass is 35.5. The van der Waals surface area contributed by atoms with Gasteiger partial charge in [0.1, 0.15) is 17.5 Å². The van der Waals surface area contributed by atoms with E-state index in [1.165, 1.54) is 6.07 Å². The van der Waals surface area contributed by atoms with Gasteiger partial charge < -0.3 is 9.47 Å². The van der Waals surface area contributed by atoms with Crippen molar-refractivity contribution >= 4 is 11.6 Å². The van der Waals surface area contributed by atoms with E-state index in [1.54, 1.807) is 31.4 Å². The van der Waals surface area contributed by atoms with E-state index >= 15 is 0 Å². The van der Waals surface area contributed by atoms with Crippen molar-refractivity contribution in [3.8, 4) is 17.7 Å². The first-order valence-corrected chi connectivity index (χ1v) is 5.79. The molecule has 2 aromatic rings. The number of nitriles is 1. The van der Waals surface area contributed by atoms with Crippen LogP contribution < -0.4 is 4.74 Å². The summed E-state index contributed by atoms with van der Waals surface area (Å²) in [4.78, 5) is 8.14. The molecular weight excluding hydrogens is 266 g/mol. The average Bonchev–Trinajstić information content (AvgIpc) is 2.38. The zero-order valence-electron chi connectivity index (χ0n) is 10.1. The molecule has 6 heteroatoms. The monoisotopic (exact) mass is 275 g/mol. The van der Waals surface area contributed by atoms with Crippen molar-refractivity contribution in [3.05, 3.63) is 46.9 Å². The molecule has 5 nitrogen and oxygen atoms in total. The number of rotatable bonds is 4. The lowest BCUT2D eigenvalue weighted by atomic mass is 10.2. The Hall–Kier alpha value is -2.16. The van der Waals surface area contributed by atoms with Crippen LogP contribution in [0.1, 0.15) is 11.4 Å². The van der Waals surface area contributed by atoms with E-state index in [-0.39, 0.29) is 11.8 Å². The van der Waals surface area contributed by atoms with E-state index in [1.807, 2.05) is 6.07 Å². The van der Waals surface area contributed by atoms with Gasteiger partial charge in [-0.25, -0.2) is 4.98 Å². The lowest BCUT2D eigenvalue weighted by molar-refractivity contribution is 0.177. The predicted molar refractivity (Wildman–Crippen MR) is 69.0 cm³/mol. The standard InChI is InChI=1S/C13H10ClN3O2/c1-18-8-12-16-11(14)6-13(17-12)19-10-4-2-3-9(5-10)7-15/h2-6H,8H2,1H3. The fraction of sp³-hybridized carbons (Fsp3) is 0.154. The molecule has 0 aliphatic carbocycles. The van der Waals surface area contributed by atoms with E-state index in [0.29, 0.717) is 23.0 Å². The molecule has 0 unspecified atom stereocenters. The summed E-state index contributed by atoms with van der Waals surface area (Å²) in [6, 6.07) is 10.3. The van der Waals surface area contributed by atoms with Crippen molar-refractivity contribution < 1.29 is 9.47 Å². The third kappa shape index (κ3) is 3.65. The molecule has 0 radical (unpaired) electrons. The molecule has 1 heterocycles. The molecule has 19 heavy (non-hydrogen) atoms. The van der Waals surface area contributed by atoms with Gasteiger partial charge in [0.2, 0.25) is 5.88 Å². The smallest absolute Gasteiger partial charge is 0.224 e. The van der Waals surface area contributed by atoms with Gasteiger partial charge in [0.05, 0.1) is 11.6 Å². The van der Waals surface area contributed by atoms with E-state index in [4.69, 9.17) is 26.3 Å². The Morgan fingerprint density at radius 1 is 1.32 bits per heavy atom. The maximum Gasteiger partial charge on any atom is 0.224 e. The third-order valence-corrected chi connectivity index (χ3v) is 2.37. The fourth-order valence-corrected chi connectivity index (χ4v) is 1.63.